The van der Waals surface area contributed by atoms with Crippen LogP contribution in [0, 0.1) is 17.8 Å². The first-order valence-corrected chi connectivity index (χ1v) is 9.63. The van der Waals surface area contributed by atoms with E-state index in [-0.39, 0.29) is 0 Å². The summed E-state index contributed by atoms with van der Waals surface area (Å²) in [7, 11) is 0. The number of hydrogen-bond donors (Lipinski definition) is 1. The van der Waals surface area contributed by atoms with Crippen molar-refractivity contribution in [3.8, 4) is 0 Å². The molecule has 1 saturated heterocycles. The molecule has 0 spiro atoms. The molecule has 2 unspecified atom stereocenters. The van der Waals surface area contributed by atoms with Gasteiger partial charge < -0.3 is 10.2 Å². The van der Waals surface area contributed by atoms with Gasteiger partial charge >= 0.3 is 0 Å². The van der Waals surface area contributed by atoms with Crippen molar-refractivity contribution in [2.75, 3.05) is 26.2 Å². The number of rotatable bonds is 7. The van der Waals surface area contributed by atoms with E-state index in [9.17, 15) is 0 Å². The summed E-state index contributed by atoms with van der Waals surface area (Å²) in [6.07, 6.45) is 11.5. The molecule has 124 valence electrons. The van der Waals surface area contributed by atoms with Crippen LogP contribution in [0.15, 0.2) is 0 Å². The summed E-state index contributed by atoms with van der Waals surface area (Å²) in [5.41, 5.74) is 0. The molecule has 2 fully saturated rings. The zero-order valence-electron chi connectivity index (χ0n) is 14.7. The summed E-state index contributed by atoms with van der Waals surface area (Å²) in [5.74, 6) is 2.73. The smallest absolute Gasteiger partial charge is 0.0198 e. The standard InChI is InChI=1S/C19H38N2/c1-4-17-12-19(20-11-10-16(2)3)15-21(13-17)14-18-8-6-5-7-9-18/h16-20H,4-15H2,1-3H3. The van der Waals surface area contributed by atoms with Crippen LogP contribution >= 0.6 is 0 Å². The molecule has 2 aliphatic rings. The van der Waals surface area contributed by atoms with Crippen molar-refractivity contribution < 1.29 is 0 Å². The molecule has 0 aromatic heterocycles. The Bertz CT molecular complexity index is 271. The van der Waals surface area contributed by atoms with E-state index >= 15 is 0 Å². The molecule has 2 rings (SSSR count). The molecule has 0 amide bonds. The van der Waals surface area contributed by atoms with Crippen molar-refractivity contribution in [1.82, 2.24) is 10.2 Å². The van der Waals surface area contributed by atoms with Gasteiger partial charge in [0.2, 0.25) is 0 Å². The second-order valence-corrected chi connectivity index (χ2v) is 8.07. The molecule has 1 aliphatic heterocycles. The van der Waals surface area contributed by atoms with Crippen molar-refractivity contribution in [3.63, 3.8) is 0 Å². The fourth-order valence-electron chi connectivity index (χ4n) is 4.21. The minimum atomic E-state index is 0.742. The van der Waals surface area contributed by atoms with Crippen LogP contribution < -0.4 is 5.32 Å². The number of hydrogen-bond acceptors (Lipinski definition) is 2. The molecule has 1 N–H and O–H groups in total. The summed E-state index contributed by atoms with van der Waals surface area (Å²) in [6.45, 7) is 12.3. The van der Waals surface area contributed by atoms with Crippen LogP contribution in [0.3, 0.4) is 0 Å². The van der Waals surface area contributed by atoms with Gasteiger partial charge in [0.25, 0.3) is 0 Å². The first-order chi connectivity index (χ1) is 10.2. The molecule has 2 nitrogen and oxygen atoms in total. The van der Waals surface area contributed by atoms with Gasteiger partial charge in [0, 0.05) is 25.7 Å². The SMILES string of the molecule is CCC1CC(NCCC(C)C)CN(CC2CCCCC2)C1. The Morgan fingerprint density at radius 2 is 1.81 bits per heavy atom. The second-order valence-electron chi connectivity index (χ2n) is 8.07. The zero-order valence-corrected chi connectivity index (χ0v) is 14.7. The Balaban J connectivity index is 1.77. The van der Waals surface area contributed by atoms with Gasteiger partial charge in [-0.05, 0) is 50.0 Å². The molecule has 21 heavy (non-hydrogen) atoms. The first kappa shape index (κ1) is 17.3. The van der Waals surface area contributed by atoms with Crippen LogP contribution in [-0.4, -0.2) is 37.1 Å². The lowest BCUT2D eigenvalue weighted by atomic mass is 9.86. The zero-order chi connectivity index (χ0) is 15.1. The predicted octanol–water partition coefficient (Wildman–Crippen LogP) is 4.30. The maximum atomic E-state index is 3.84. The highest BCUT2D eigenvalue weighted by Crippen LogP contribution is 2.27. The van der Waals surface area contributed by atoms with E-state index in [0.29, 0.717) is 0 Å². The summed E-state index contributed by atoms with van der Waals surface area (Å²) in [6, 6.07) is 0.742. The second kappa shape index (κ2) is 9.15. The van der Waals surface area contributed by atoms with Crippen molar-refractivity contribution in [3.05, 3.63) is 0 Å². The van der Waals surface area contributed by atoms with E-state index in [1.165, 1.54) is 77.5 Å². The predicted molar refractivity (Wildman–Crippen MR) is 92.7 cm³/mol. The van der Waals surface area contributed by atoms with Crippen LogP contribution in [0.2, 0.25) is 0 Å². The van der Waals surface area contributed by atoms with Crippen LogP contribution in [0.1, 0.15) is 72.1 Å². The molecule has 1 aliphatic carbocycles. The van der Waals surface area contributed by atoms with Crippen molar-refractivity contribution in [1.29, 1.82) is 0 Å². The summed E-state index contributed by atoms with van der Waals surface area (Å²) < 4.78 is 0. The van der Waals surface area contributed by atoms with Gasteiger partial charge in [-0.3, -0.25) is 0 Å². The fraction of sp³-hybridized carbons (Fsp3) is 1.00. The topological polar surface area (TPSA) is 15.3 Å². The Hall–Kier alpha value is -0.0800. The van der Waals surface area contributed by atoms with E-state index in [1.54, 1.807) is 0 Å². The molecule has 0 aromatic rings. The molecule has 0 radical (unpaired) electrons. The lowest BCUT2D eigenvalue weighted by Gasteiger charge is -2.40. The highest BCUT2D eigenvalue weighted by Gasteiger charge is 2.27. The molecular formula is C19H38N2. The van der Waals surface area contributed by atoms with Crippen LogP contribution in [0.4, 0.5) is 0 Å². The third-order valence-corrected chi connectivity index (χ3v) is 5.59. The first-order valence-electron chi connectivity index (χ1n) is 9.63. The monoisotopic (exact) mass is 294 g/mol. The van der Waals surface area contributed by atoms with Gasteiger partial charge in [0.15, 0.2) is 0 Å². The molecule has 2 atom stereocenters. The van der Waals surface area contributed by atoms with E-state index in [4.69, 9.17) is 0 Å². The molecule has 2 heteroatoms. The Morgan fingerprint density at radius 1 is 1.05 bits per heavy atom. The molecular weight excluding hydrogens is 256 g/mol. The van der Waals surface area contributed by atoms with Gasteiger partial charge in [0.1, 0.15) is 0 Å². The van der Waals surface area contributed by atoms with Gasteiger partial charge in [-0.15, -0.1) is 0 Å². The van der Waals surface area contributed by atoms with E-state index < -0.39 is 0 Å². The van der Waals surface area contributed by atoms with Crippen LogP contribution in [-0.2, 0) is 0 Å². The molecule has 1 heterocycles. The third kappa shape index (κ3) is 6.28. The van der Waals surface area contributed by atoms with Gasteiger partial charge in [0.05, 0.1) is 0 Å². The highest BCUT2D eigenvalue weighted by molar-refractivity contribution is 4.84. The summed E-state index contributed by atoms with van der Waals surface area (Å²) >= 11 is 0. The van der Waals surface area contributed by atoms with Crippen molar-refractivity contribution in [2.24, 2.45) is 17.8 Å². The van der Waals surface area contributed by atoms with Gasteiger partial charge in [-0.25, -0.2) is 0 Å². The van der Waals surface area contributed by atoms with Crippen molar-refractivity contribution >= 4 is 0 Å². The quantitative estimate of drug-likeness (QED) is 0.753. The normalized spacial score (nSPS) is 29.1. The Morgan fingerprint density at radius 3 is 2.48 bits per heavy atom. The van der Waals surface area contributed by atoms with Crippen LogP contribution in [0.25, 0.3) is 0 Å². The maximum absolute atomic E-state index is 3.84. The van der Waals surface area contributed by atoms with E-state index in [0.717, 1.165) is 23.8 Å². The summed E-state index contributed by atoms with van der Waals surface area (Å²) in [5, 5.41) is 3.84. The fourth-order valence-corrected chi connectivity index (χ4v) is 4.21. The molecule has 0 bridgehead atoms. The molecule has 0 aromatic carbocycles. The third-order valence-electron chi connectivity index (χ3n) is 5.59. The van der Waals surface area contributed by atoms with Gasteiger partial charge in [-0.2, -0.15) is 0 Å². The van der Waals surface area contributed by atoms with Crippen molar-refractivity contribution in [2.45, 2.75) is 78.2 Å². The van der Waals surface area contributed by atoms with E-state index in [1.807, 2.05) is 0 Å². The minimum Gasteiger partial charge on any atom is -0.313 e. The summed E-state index contributed by atoms with van der Waals surface area (Å²) in [4.78, 5) is 2.79. The number of nitrogens with one attached hydrogen (secondary N) is 1. The minimum absolute atomic E-state index is 0.742. The Kier molecular flexibility index (Phi) is 7.53. The number of likely N-dealkylation sites (tertiary alicyclic amines) is 1. The number of nitrogens with zero attached hydrogens (tertiary/aromatic N) is 1. The maximum Gasteiger partial charge on any atom is 0.0198 e. The average Bonchev–Trinajstić information content (AvgIpc) is 2.47. The van der Waals surface area contributed by atoms with Gasteiger partial charge in [-0.1, -0.05) is 46.5 Å². The lowest BCUT2D eigenvalue weighted by molar-refractivity contribution is 0.110. The van der Waals surface area contributed by atoms with Crippen LogP contribution in [0.5, 0.6) is 0 Å². The lowest BCUT2D eigenvalue weighted by Crippen LogP contribution is -2.50. The largest absolute Gasteiger partial charge is 0.313 e. The molecule has 1 saturated carbocycles. The Labute approximate surface area is 133 Å². The van der Waals surface area contributed by atoms with E-state index in [2.05, 4.69) is 31.0 Å². The number of piperidine rings is 1. The average molecular weight is 295 g/mol. The highest BCUT2D eigenvalue weighted by atomic mass is 15.2.